The van der Waals surface area contributed by atoms with E-state index in [4.69, 9.17) is 0 Å². The Morgan fingerprint density at radius 2 is 2.00 bits per heavy atom. The van der Waals surface area contributed by atoms with Crippen LogP contribution in [0.5, 0.6) is 0 Å². The monoisotopic (exact) mass is 313 g/mol. The molecule has 114 valence electrons. The molecule has 0 radical (unpaired) electrons. The molecule has 0 aromatic carbocycles. The van der Waals surface area contributed by atoms with Crippen LogP contribution in [0.15, 0.2) is 0 Å². The minimum absolute atomic E-state index is 0.0107. The summed E-state index contributed by atoms with van der Waals surface area (Å²) in [6, 6.07) is 0. The highest BCUT2D eigenvalue weighted by atomic mass is 32.2. The molecule has 0 unspecified atom stereocenters. The largest absolute Gasteiger partial charge is 0.451 e. The Balaban J connectivity index is 2.19. The van der Waals surface area contributed by atoms with Gasteiger partial charge in [-0.25, -0.2) is 8.42 Å². The summed E-state index contributed by atoms with van der Waals surface area (Å²) in [5.74, 6) is -1.18. The summed E-state index contributed by atoms with van der Waals surface area (Å²) in [5.41, 5.74) is 0. The van der Waals surface area contributed by atoms with Crippen LogP contribution in [0.3, 0.4) is 0 Å². The van der Waals surface area contributed by atoms with E-state index >= 15 is 0 Å². The Bertz CT molecular complexity index is 583. The van der Waals surface area contributed by atoms with Crippen LogP contribution in [0.25, 0.3) is 0 Å². The van der Waals surface area contributed by atoms with Crippen molar-refractivity contribution in [3.63, 3.8) is 0 Å². The van der Waals surface area contributed by atoms with Crippen molar-refractivity contribution in [2.45, 2.75) is 19.3 Å². The predicted octanol–water partition coefficient (Wildman–Crippen LogP) is -0.338. The Labute approximate surface area is 113 Å². The Morgan fingerprint density at radius 3 is 2.60 bits per heavy atom. The number of rotatable bonds is 4. The first-order valence-corrected chi connectivity index (χ1v) is 7.48. The first-order valence-electron chi connectivity index (χ1n) is 5.87. The van der Waals surface area contributed by atoms with Crippen molar-refractivity contribution in [2.24, 2.45) is 0 Å². The Morgan fingerprint density at radius 1 is 1.30 bits per heavy atom. The minimum Gasteiger partial charge on any atom is -0.319 e. The lowest BCUT2D eigenvalue weighted by Crippen LogP contribution is -2.41. The van der Waals surface area contributed by atoms with Gasteiger partial charge in [-0.05, 0) is 7.05 Å². The molecule has 2 rings (SSSR count). The molecule has 0 spiro atoms. The summed E-state index contributed by atoms with van der Waals surface area (Å²) >= 11 is 0. The number of halogens is 3. The fourth-order valence-electron chi connectivity index (χ4n) is 1.94. The molecule has 11 heteroatoms. The van der Waals surface area contributed by atoms with Gasteiger partial charge in [0.25, 0.3) is 0 Å². The van der Waals surface area contributed by atoms with E-state index in [0.29, 0.717) is 0 Å². The van der Waals surface area contributed by atoms with Gasteiger partial charge in [0.2, 0.25) is 15.8 Å². The summed E-state index contributed by atoms with van der Waals surface area (Å²) in [6.07, 6.45) is -4.58. The van der Waals surface area contributed by atoms with Crippen molar-refractivity contribution in [3.8, 4) is 0 Å². The van der Waals surface area contributed by atoms with Crippen LogP contribution in [0.2, 0.25) is 0 Å². The zero-order chi connectivity index (χ0) is 15.0. The van der Waals surface area contributed by atoms with Crippen molar-refractivity contribution in [2.75, 3.05) is 25.9 Å². The van der Waals surface area contributed by atoms with E-state index in [1.807, 2.05) is 0 Å². The second-order valence-corrected chi connectivity index (χ2v) is 6.43. The van der Waals surface area contributed by atoms with Crippen molar-refractivity contribution < 1.29 is 21.6 Å². The zero-order valence-electron chi connectivity index (χ0n) is 10.7. The van der Waals surface area contributed by atoms with Gasteiger partial charge >= 0.3 is 6.18 Å². The topological polar surface area (TPSA) is 80.1 Å². The molecule has 0 atom stereocenters. The molecule has 1 aromatic rings. The number of nitrogens with zero attached hydrogens (tertiary/aromatic N) is 4. The summed E-state index contributed by atoms with van der Waals surface area (Å²) in [5, 5.41) is 9.26. The maximum atomic E-state index is 12.6. The molecule has 0 bridgehead atoms. The van der Waals surface area contributed by atoms with Gasteiger partial charge in [0, 0.05) is 19.6 Å². The molecule has 1 N–H and O–H groups in total. The lowest BCUT2D eigenvalue weighted by Gasteiger charge is -2.27. The maximum Gasteiger partial charge on any atom is 0.451 e. The molecule has 0 fully saturated rings. The van der Waals surface area contributed by atoms with Crippen LogP contribution in [-0.4, -0.2) is 53.4 Å². The number of hydrogen-bond donors (Lipinski definition) is 1. The molecule has 0 saturated heterocycles. The average Bonchev–Trinajstić information content (AvgIpc) is 2.79. The highest BCUT2D eigenvalue weighted by molar-refractivity contribution is 7.89. The van der Waals surface area contributed by atoms with Crippen LogP contribution < -0.4 is 5.32 Å². The van der Waals surface area contributed by atoms with Crippen LogP contribution in [0.1, 0.15) is 11.6 Å². The van der Waals surface area contributed by atoms with E-state index < -0.39 is 22.0 Å². The fraction of sp³-hybridized carbons (Fsp3) is 0.778. The Hall–Kier alpha value is -1.20. The van der Waals surface area contributed by atoms with Gasteiger partial charge in [-0.2, -0.15) is 17.5 Å². The quantitative estimate of drug-likeness (QED) is 0.823. The highest BCUT2D eigenvalue weighted by Crippen LogP contribution is 2.29. The number of sulfonamides is 1. The SMILES string of the molecule is CNCCS(=O)(=O)N1CCn2c(nnc2C(F)(F)F)C1. The number of hydrogen-bond acceptors (Lipinski definition) is 5. The van der Waals surface area contributed by atoms with Crippen molar-refractivity contribution >= 4 is 10.0 Å². The van der Waals surface area contributed by atoms with E-state index in [-0.39, 0.29) is 37.8 Å². The van der Waals surface area contributed by atoms with Gasteiger partial charge < -0.3 is 9.88 Å². The van der Waals surface area contributed by atoms with Gasteiger partial charge in [0.1, 0.15) is 5.82 Å². The molecule has 1 aliphatic rings. The molecule has 20 heavy (non-hydrogen) atoms. The van der Waals surface area contributed by atoms with Gasteiger partial charge in [-0.1, -0.05) is 0 Å². The average molecular weight is 313 g/mol. The highest BCUT2D eigenvalue weighted by Gasteiger charge is 2.40. The van der Waals surface area contributed by atoms with Crippen molar-refractivity contribution in [3.05, 3.63) is 11.6 Å². The first-order chi connectivity index (χ1) is 9.25. The smallest absolute Gasteiger partial charge is 0.319 e. The van der Waals surface area contributed by atoms with E-state index in [9.17, 15) is 21.6 Å². The second kappa shape index (κ2) is 5.30. The third kappa shape index (κ3) is 2.94. The molecule has 1 aromatic heterocycles. The second-order valence-electron chi connectivity index (χ2n) is 4.34. The molecule has 0 aliphatic carbocycles. The van der Waals surface area contributed by atoms with Crippen LogP contribution >= 0.6 is 0 Å². The third-order valence-corrected chi connectivity index (χ3v) is 4.79. The molecule has 1 aliphatic heterocycles. The van der Waals surface area contributed by atoms with Crippen molar-refractivity contribution in [1.29, 1.82) is 0 Å². The van der Waals surface area contributed by atoms with E-state index in [0.717, 1.165) is 8.87 Å². The van der Waals surface area contributed by atoms with Crippen molar-refractivity contribution in [1.82, 2.24) is 24.4 Å². The normalized spacial score (nSPS) is 17.2. The van der Waals surface area contributed by atoms with Crippen LogP contribution in [-0.2, 0) is 29.3 Å². The number of alkyl halides is 3. The zero-order valence-corrected chi connectivity index (χ0v) is 11.5. The third-order valence-electron chi connectivity index (χ3n) is 2.98. The predicted molar refractivity (Wildman–Crippen MR) is 63.1 cm³/mol. The molecule has 0 saturated carbocycles. The lowest BCUT2D eigenvalue weighted by atomic mass is 10.4. The summed E-state index contributed by atoms with van der Waals surface area (Å²) in [7, 11) is -1.88. The van der Waals surface area contributed by atoms with Crippen LogP contribution in [0.4, 0.5) is 13.2 Å². The number of fused-ring (bicyclic) bond motifs is 1. The molecule has 2 heterocycles. The number of aromatic nitrogens is 3. The number of nitrogens with one attached hydrogen (secondary N) is 1. The molecular weight excluding hydrogens is 299 g/mol. The Kier molecular flexibility index (Phi) is 4.02. The summed E-state index contributed by atoms with van der Waals surface area (Å²) in [4.78, 5) is 0. The van der Waals surface area contributed by atoms with Gasteiger partial charge in [-0.15, -0.1) is 10.2 Å². The maximum absolute atomic E-state index is 12.6. The standard InChI is InChI=1S/C9H14F3N5O2S/c1-13-2-5-20(18,19)16-3-4-17-7(6-16)14-15-8(17)9(10,11)12/h13H,2-6H2,1H3. The summed E-state index contributed by atoms with van der Waals surface area (Å²) < 4.78 is 63.9. The minimum atomic E-state index is -4.58. The van der Waals surface area contributed by atoms with E-state index in [1.54, 1.807) is 7.05 Å². The van der Waals surface area contributed by atoms with Gasteiger partial charge in [0.05, 0.1) is 12.3 Å². The summed E-state index contributed by atoms with van der Waals surface area (Å²) in [6.45, 7) is -0.0232. The lowest BCUT2D eigenvalue weighted by molar-refractivity contribution is -0.147. The van der Waals surface area contributed by atoms with Crippen LogP contribution in [0, 0.1) is 0 Å². The van der Waals surface area contributed by atoms with E-state index in [2.05, 4.69) is 15.5 Å². The molecular formula is C9H14F3N5O2S. The molecule has 0 amide bonds. The van der Waals surface area contributed by atoms with Gasteiger partial charge in [-0.3, -0.25) is 0 Å². The van der Waals surface area contributed by atoms with Gasteiger partial charge in [0.15, 0.2) is 0 Å². The van der Waals surface area contributed by atoms with E-state index in [1.165, 1.54) is 0 Å². The molecule has 7 nitrogen and oxygen atoms in total. The fourth-order valence-corrected chi connectivity index (χ4v) is 3.34. The first kappa shape index (κ1) is 15.2.